The first-order chi connectivity index (χ1) is 38.4. The zero-order valence-corrected chi connectivity index (χ0v) is 46.0. The van der Waals surface area contributed by atoms with Crippen molar-refractivity contribution in [2.75, 3.05) is 58.6 Å². The molecule has 29 nitrogen and oxygen atoms in total. The number of primary amides is 2. The molecule has 1 heterocycles. The van der Waals surface area contributed by atoms with Crippen molar-refractivity contribution in [3.05, 3.63) is 65.7 Å². The van der Waals surface area contributed by atoms with Crippen LogP contribution in [0.25, 0.3) is 0 Å². The van der Waals surface area contributed by atoms with Crippen LogP contribution in [0.4, 0.5) is 0 Å². The number of thiocarbonyl (C=S) groups is 1. The maximum atomic E-state index is 14.4. The lowest BCUT2D eigenvalue weighted by Gasteiger charge is -2.29. The average molecular weight is 1170 g/mol. The lowest BCUT2D eigenvalue weighted by atomic mass is 10.0. The third kappa shape index (κ3) is 24.3. The van der Waals surface area contributed by atoms with Crippen LogP contribution in [0.1, 0.15) is 49.7 Å². The van der Waals surface area contributed by atoms with Gasteiger partial charge in [-0.15, -0.1) is 0 Å². The Morgan fingerprint density at radius 2 is 1.25 bits per heavy atom. The summed E-state index contributed by atoms with van der Waals surface area (Å²) in [6.45, 7) is -1.04. The predicted molar refractivity (Wildman–Crippen MR) is 296 cm³/mol. The lowest BCUT2D eigenvalue weighted by Crippen LogP contribution is -2.61. The van der Waals surface area contributed by atoms with Crippen molar-refractivity contribution in [1.29, 1.82) is 0 Å². The number of nitrogens with two attached hydrogens (primary N) is 3. The second-order valence-corrected chi connectivity index (χ2v) is 19.3. The van der Waals surface area contributed by atoms with E-state index in [-0.39, 0.29) is 56.9 Å². The largest absolute Gasteiger partial charge is 0.508 e. The Hall–Kier alpha value is -8.29. The van der Waals surface area contributed by atoms with Crippen molar-refractivity contribution in [2.45, 2.75) is 93.7 Å². The van der Waals surface area contributed by atoms with E-state index in [0.717, 1.165) is 5.37 Å². The number of aliphatic carboxylic acids is 1. The number of rotatable bonds is 35. The normalized spacial score (nSPS) is 14.9. The molecule has 0 saturated carbocycles. The highest BCUT2D eigenvalue weighted by Gasteiger charge is 2.39. The zero-order chi connectivity index (χ0) is 60.2. The van der Waals surface area contributed by atoms with E-state index in [9.17, 15) is 67.4 Å². The molecule has 7 atom stereocenters. The van der Waals surface area contributed by atoms with Crippen molar-refractivity contribution < 1.29 is 72.5 Å². The maximum Gasteiger partial charge on any atom is 0.317 e. The average Bonchev–Trinajstić information content (AvgIpc) is 3.93. The lowest BCUT2D eigenvalue weighted by molar-refractivity contribution is -0.140. The van der Waals surface area contributed by atoms with E-state index in [0.29, 0.717) is 30.5 Å². The van der Waals surface area contributed by atoms with Crippen LogP contribution in [-0.4, -0.2) is 203 Å². The summed E-state index contributed by atoms with van der Waals surface area (Å²) in [6.07, 6.45) is -1.28. The molecule has 1 fully saturated rings. The summed E-state index contributed by atoms with van der Waals surface area (Å²) < 4.78 is 0. The van der Waals surface area contributed by atoms with Gasteiger partial charge in [-0.25, -0.2) is 0 Å². The first-order valence-corrected chi connectivity index (χ1v) is 26.5. The minimum atomic E-state index is -1.82. The first-order valence-electron chi connectivity index (χ1n) is 25.4. The monoisotopic (exact) mass is 1170 g/mol. The molecule has 2 aromatic carbocycles. The van der Waals surface area contributed by atoms with Crippen molar-refractivity contribution >= 4 is 107 Å². The van der Waals surface area contributed by atoms with Gasteiger partial charge in [-0.2, -0.15) is 12.6 Å². The van der Waals surface area contributed by atoms with E-state index >= 15 is 0 Å². The molecule has 1 aliphatic heterocycles. The maximum absolute atomic E-state index is 14.4. The number of carboxylic acids is 1. The fraction of sp³-hybridized carbons (Fsp3) is 0.480. The molecule has 1 aliphatic rings. The van der Waals surface area contributed by atoms with Crippen LogP contribution >= 0.6 is 24.8 Å². The summed E-state index contributed by atoms with van der Waals surface area (Å²) in [7, 11) is 1.61. The van der Waals surface area contributed by atoms with Crippen LogP contribution in [-0.2, 0) is 75.2 Å². The van der Waals surface area contributed by atoms with Gasteiger partial charge in [0, 0.05) is 50.0 Å². The Morgan fingerprint density at radius 3 is 1.81 bits per heavy atom. The summed E-state index contributed by atoms with van der Waals surface area (Å²) in [4.78, 5) is 172. The molecule has 0 aliphatic carbocycles. The number of aromatic hydroxyl groups is 1. The van der Waals surface area contributed by atoms with E-state index in [1.807, 2.05) is 0 Å². The molecule has 31 heteroatoms. The highest BCUT2D eigenvalue weighted by Crippen LogP contribution is 2.19. The van der Waals surface area contributed by atoms with Crippen molar-refractivity contribution in [2.24, 2.45) is 17.2 Å². The zero-order valence-electron chi connectivity index (χ0n) is 44.3. The molecule has 2 aromatic rings. The number of nitrogens with zero attached hydrogens (tertiary/aromatic N) is 2. The quantitative estimate of drug-likeness (QED) is 0.0173. The summed E-state index contributed by atoms with van der Waals surface area (Å²) in [5, 5.41) is 41.7. The minimum Gasteiger partial charge on any atom is -0.508 e. The van der Waals surface area contributed by atoms with Crippen molar-refractivity contribution in [3.8, 4) is 5.75 Å². The highest BCUT2D eigenvalue weighted by molar-refractivity contribution is 7.80. The van der Waals surface area contributed by atoms with Gasteiger partial charge in [0.25, 0.3) is 5.91 Å². The van der Waals surface area contributed by atoms with Gasteiger partial charge < -0.3 is 80.2 Å². The van der Waals surface area contributed by atoms with Gasteiger partial charge >= 0.3 is 5.97 Å². The number of carboxylic acid groups (broad SMARTS) is 1. The smallest absolute Gasteiger partial charge is 0.317 e. The number of phenolic OH excluding ortho intramolecular Hbond substituents is 1. The van der Waals surface area contributed by atoms with Crippen LogP contribution in [0.5, 0.6) is 5.75 Å². The van der Waals surface area contributed by atoms with E-state index in [4.69, 9.17) is 34.5 Å². The number of likely N-dealkylation sites (tertiary alicyclic amines) is 1. The molecule has 81 heavy (non-hydrogen) atoms. The molecule has 1 saturated heterocycles. The Balaban J connectivity index is 1.85. The second kappa shape index (κ2) is 34.7. The Labute approximate surface area is 476 Å². The van der Waals surface area contributed by atoms with Crippen molar-refractivity contribution in [1.82, 2.24) is 57.7 Å². The molecule has 3 rings (SSSR count). The van der Waals surface area contributed by atoms with Gasteiger partial charge in [-0.1, -0.05) is 54.7 Å². The SMILES string of the molecule is CN(CCCNC(=O)C1CCCN1C(=O)C(C=S)NC(=O)C(CC(N)=O)NC(=O)C(CCC(N)=O)NC(=O)C(Cc1ccccc1)NC(=O)C(Cc1ccc(O)cc1)NC(=O)C(CS)NC(=O)CNC(=O)CNC(=O)CN)CC(=O)O. The van der Waals surface area contributed by atoms with E-state index in [1.54, 1.807) is 42.3 Å². The molecule has 0 aromatic heterocycles. The summed E-state index contributed by atoms with van der Waals surface area (Å²) in [5.41, 5.74) is 17.0. The fourth-order valence-electron chi connectivity index (χ4n) is 8.00. The number of phenols is 1. The van der Waals surface area contributed by atoms with Crippen LogP contribution in [0, 0.1) is 0 Å². The number of carbonyl (C=O) groups is 13. The number of carbonyl (C=O) groups excluding carboxylic acids is 12. The number of benzene rings is 2. The van der Waals surface area contributed by atoms with E-state index < -0.39 is 152 Å². The van der Waals surface area contributed by atoms with Crippen LogP contribution in [0.2, 0.25) is 0 Å². The third-order valence-electron chi connectivity index (χ3n) is 12.1. The van der Waals surface area contributed by atoms with Crippen LogP contribution in [0.15, 0.2) is 54.6 Å². The Morgan fingerprint density at radius 1 is 0.704 bits per heavy atom. The van der Waals surface area contributed by atoms with Crippen LogP contribution in [0.3, 0.4) is 0 Å². The predicted octanol–water partition coefficient (Wildman–Crippen LogP) is -6.14. The minimum absolute atomic E-state index is 0.108. The van der Waals surface area contributed by atoms with Gasteiger partial charge in [0.1, 0.15) is 48.0 Å². The number of amides is 12. The molecular formula is C50H70N14O15S2. The number of likely N-dealkylation sites (N-methyl/N-ethyl adjacent to an activating group) is 1. The van der Waals surface area contributed by atoms with Crippen LogP contribution < -0.4 is 65.1 Å². The third-order valence-corrected chi connectivity index (χ3v) is 12.8. The molecule has 7 unspecified atom stereocenters. The number of nitrogens with one attached hydrogen (secondary N) is 9. The topological polar surface area (TPSA) is 455 Å². The standard InChI is InChI=1S/C50H70N14O15S2/c1-63(25-43(71)72)17-6-16-54-49(78)37-9-5-18-64(37)50(79)36(27-81)62-47(76)34(21-39(53)67)61-44(73)31(14-15-38(52)66)58-45(74)32(19-28-7-3-2-4-8-28)59-46(75)33(20-29-10-12-30(65)13-11-29)60-48(77)35(26-80)57-42(70)24-56-41(69)23-55-40(68)22-51/h2-4,7-8,10-13,27,31-37,65,80H,5-6,9,14-26,51H2,1H3,(H2,52,66)(H2,53,67)(H,54,78)(H,55,68)(H,56,69)(H,57,70)(H,58,74)(H,59,75)(H,60,77)(H,61,73)(H,62,76)(H,71,72). The second-order valence-electron chi connectivity index (χ2n) is 18.6. The molecule has 0 spiro atoms. The summed E-state index contributed by atoms with van der Waals surface area (Å²) >= 11 is 9.26. The van der Waals surface area contributed by atoms with Gasteiger partial charge in [-0.05, 0) is 56.0 Å². The Kier molecular flexibility index (Phi) is 28.7. The van der Waals surface area contributed by atoms with Crippen molar-refractivity contribution in [3.63, 3.8) is 0 Å². The van der Waals surface area contributed by atoms with E-state index in [2.05, 4.69) is 60.5 Å². The molecule has 17 N–H and O–H groups in total. The van der Waals surface area contributed by atoms with Gasteiger partial charge in [0.05, 0.1) is 32.6 Å². The number of thiol groups is 1. The number of hydrogen-bond donors (Lipinski definition) is 15. The van der Waals surface area contributed by atoms with Gasteiger partial charge in [0.2, 0.25) is 65.0 Å². The Bertz CT molecular complexity index is 2580. The van der Waals surface area contributed by atoms with E-state index in [1.165, 1.54) is 29.2 Å². The number of hydrogen-bond acceptors (Lipinski definition) is 18. The highest BCUT2D eigenvalue weighted by atomic mass is 32.1. The fourth-order valence-corrected chi connectivity index (χ4v) is 8.44. The molecule has 442 valence electrons. The summed E-state index contributed by atoms with van der Waals surface area (Å²) in [5.74, 6) is -12.2. The molecular weight excluding hydrogens is 1100 g/mol. The molecule has 0 radical (unpaired) electrons. The van der Waals surface area contributed by atoms with Gasteiger partial charge in [-0.3, -0.25) is 67.2 Å². The molecule has 0 bridgehead atoms. The first kappa shape index (κ1) is 67.0. The summed E-state index contributed by atoms with van der Waals surface area (Å²) in [6, 6.07) is 3.20. The molecule has 12 amide bonds. The van der Waals surface area contributed by atoms with Gasteiger partial charge in [0.15, 0.2) is 0 Å².